The van der Waals surface area contributed by atoms with Gasteiger partial charge in [0.15, 0.2) is 0 Å². The standard InChI is InChI=1S/C14H18N4O2S2/c1-8-9(2)22-14-12(8)13(16-7-17-14)21-6-11(20)18(4)5-10(19)15-3/h7H,5-6H2,1-4H3,(H,15,19). The number of likely N-dealkylation sites (N-methyl/N-ethyl adjacent to an activating group) is 2. The summed E-state index contributed by atoms with van der Waals surface area (Å²) < 4.78 is 0. The molecule has 2 heterocycles. The predicted molar refractivity (Wildman–Crippen MR) is 89.3 cm³/mol. The fourth-order valence-corrected chi connectivity index (χ4v) is 3.94. The molecule has 0 saturated carbocycles. The number of aromatic nitrogens is 2. The quantitative estimate of drug-likeness (QED) is 0.662. The number of hydrogen-bond acceptors (Lipinski definition) is 6. The Morgan fingerprint density at radius 1 is 1.36 bits per heavy atom. The second-order valence-corrected chi connectivity index (χ2v) is 7.02. The van der Waals surface area contributed by atoms with Crippen LogP contribution in [0.25, 0.3) is 10.2 Å². The van der Waals surface area contributed by atoms with Gasteiger partial charge in [0.2, 0.25) is 11.8 Å². The second kappa shape index (κ2) is 7.06. The van der Waals surface area contributed by atoms with Crippen LogP contribution in [0.3, 0.4) is 0 Å². The van der Waals surface area contributed by atoms with E-state index in [9.17, 15) is 9.59 Å². The van der Waals surface area contributed by atoms with Crippen molar-refractivity contribution in [2.45, 2.75) is 18.9 Å². The van der Waals surface area contributed by atoms with Gasteiger partial charge in [-0.25, -0.2) is 9.97 Å². The van der Waals surface area contributed by atoms with Crippen LogP contribution in [0, 0.1) is 13.8 Å². The van der Waals surface area contributed by atoms with Gasteiger partial charge in [-0.05, 0) is 19.4 Å². The highest BCUT2D eigenvalue weighted by atomic mass is 32.2. The third-order valence-corrected chi connectivity index (χ3v) is 5.44. The summed E-state index contributed by atoms with van der Waals surface area (Å²) in [5, 5.41) is 4.34. The van der Waals surface area contributed by atoms with Crippen LogP contribution in [-0.4, -0.2) is 53.1 Å². The van der Waals surface area contributed by atoms with Crippen LogP contribution in [0.1, 0.15) is 10.4 Å². The Hall–Kier alpha value is -1.67. The summed E-state index contributed by atoms with van der Waals surface area (Å²) in [6.45, 7) is 4.16. The van der Waals surface area contributed by atoms with E-state index in [0.717, 1.165) is 20.8 Å². The van der Waals surface area contributed by atoms with Crippen molar-refractivity contribution < 1.29 is 9.59 Å². The van der Waals surface area contributed by atoms with E-state index in [2.05, 4.69) is 22.2 Å². The largest absolute Gasteiger partial charge is 0.358 e. The number of hydrogen-bond donors (Lipinski definition) is 1. The number of fused-ring (bicyclic) bond motifs is 1. The van der Waals surface area contributed by atoms with Gasteiger partial charge in [-0.15, -0.1) is 11.3 Å². The first-order chi connectivity index (χ1) is 10.4. The summed E-state index contributed by atoms with van der Waals surface area (Å²) in [7, 11) is 3.17. The number of thioether (sulfide) groups is 1. The number of rotatable bonds is 5. The molecular formula is C14H18N4O2S2. The van der Waals surface area contributed by atoms with Crippen molar-refractivity contribution in [2.24, 2.45) is 0 Å². The highest BCUT2D eigenvalue weighted by Gasteiger charge is 2.16. The van der Waals surface area contributed by atoms with Crippen LogP contribution < -0.4 is 5.32 Å². The van der Waals surface area contributed by atoms with Gasteiger partial charge in [0, 0.05) is 24.4 Å². The first-order valence-corrected chi connectivity index (χ1v) is 8.52. The molecule has 0 unspecified atom stereocenters. The molecule has 0 aliphatic heterocycles. The lowest BCUT2D eigenvalue weighted by Gasteiger charge is -2.15. The van der Waals surface area contributed by atoms with Gasteiger partial charge in [-0.3, -0.25) is 9.59 Å². The maximum absolute atomic E-state index is 12.1. The fraction of sp³-hybridized carbons (Fsp3) is 0.429. The maximum atomic E-state index is 12.1. The molecule has 0 aliphatic carbocycles. The Bertz CT molecular complexity index is 714. The third kappa shape index (κ3) is 3.56. The number of aryl methyl sites for hydroxylation is 2. The normalized spacial score (nSPS) is 10.7. The lowest BCUT2D eigenvalue weighted by atomic mass is 10.2. The van der Waals surface area contributed by atoms with Crippen LogP contribution >= 0.6 is 23.1 Å². The molecule has 0 fully saturated rings. The van der Waals surface area contributed by atoms with Gasteiger partial charge in [-0.2, -0.15) is 0 Å². The Morgan fingerprint density at radius 3 is 2.77 bits per heavy atom. The van der Waals surface area contributed by atoms with E-state index in [1.165, 1.54) is 27.9 Å². The zero-order valence-corrected chi connectivity index (χ0v) is 14.6. The number of nitrogens with zero attached hydrogens (tertiary/aromatic N) is 3. The van der Waals surface area contributed by atoms with Gasteiger partial charge in [0.25, 0.3) is 0 Å². The van der Waals surface area contributed by atoms with E-state index >= 15 is 0 Å². The fourth-order valence-electron chi connectivity index (χ4n) is 1.88. The molecule has 1 N–H and O–H groups in total. The van der Waals surface area contributed by atoms with Crippen molar-refractivity contribution in [3.63, 3.8) is 0 Å². The molecule has 0 aromatic carbocycles. The zero-order valence-electron chi connectivity index (χ0n) is 13.0. The molecule has 6 nitrogen and oxygen atoms in total. The Morgan fingerprint density at radius 2 is 2.09 bits per heavy atom. The Balaban J connectivity index is 2.09. The lowest BCUT2D eigenvalue weighted by molar-refractivity contribution is -0.132. The minimum Gasteiger partial charge on any atom is -0.358 e. The van der Waals surface area contributed by atoms with E-state index in [0.29, 0.717) is 0 Å². The number of amides is 2. The molecule has 0 bridgehead atoms. The SMILES string of the molecule is CNC(=O)CN(C)C(=O)CSc1ncnc2sc(C)c(C)c12. The molecule has 8 heteroatoms. The van der Waals surface area contributed by atoms with Gasteiger partial charge >= 0.3 is 0 Å². The van der Waals surface area contributed by atoms with E-state index in [1.807, 2.05) is 6.92 Å². The monoisotopic (exact) mass is 338 g/mol. The summed E-state index contributed by atoms with van der Waals surface area (Å²) in [6, 6.07) is 0. The summed E-state index contributed by atoms with van der Waals surface area (Å²) in [4.78, 5) is 35.5. The molecule has 2 aromatic rings. The Kier molecular flexibility index (Phi) is 5.36. The first-order valence-electron chi connectivity index (χ1n) is 6.72. The molecule has 0 atom stereocenters. The molecule has 2 rings (SSSR count). The minimum absolute atomic E-state index is 0.0612. The van der Waals surface area contributed by atoms with Gasteiger partial charge in [0.1, 0.15) is 16.2 Å². The molecule has 22 heavy (non-hydrogen) atoms. The number of carbonyl (C=O) groups excluding carboxylic acids is 2. The van der Waals surface area contributed by atoms with Crippen molar-refractivity contribution in [1.82, 2.24) is 20.2 Å². The van der Waals surface area contributed by atoms with Crippen LogP contribution in [0.4, 0.5) is 0 Å². The Labute approximate surface area is 137 Å². The second-order valence-electron chi connectivity index (χ2n) is 4.85. The van der Waals surface area contributed by atoms with Gasteiger partial charge in [0.05, 0.1) is 12.3 Å². The van der Waals surface area contributed by atoms with E-state index < -0.39 is 0 Å². The molecule has 0 radical (unpaired) electrons. The molecule has 118 valence electrons. The smallest absolute Gasteiger partial charge is 0.239 e. The summed E-state index contributed by atoms with van der Waals surface area (Å²) >= 11 is 3.01. The third-order valence-electron chi connectivity index (χ3n) is 3.35. The topological polar surface area (TPSA) is 75.2 Å². The molecule has 2 aromatic heterocycles. The van der Waals surface area contributed by atoms with Crippen LogP contribution in [-0.2, 0) is 9.59 Å². The highest BCUT2D eigenvalue weighted by molar-refractivity contribution is 8.00. The molecule has 0 spiro atoms. The zero-order chi connectivity index (χ0) is 16.3. The average molecular weight is 338 g/mol. The summed E-state index contributed by atoms with van der Waals surface area (Å²) in [5.74, 6) is -0.0481. The molecule has 0 saturated heterocycles. The lowest BCUT2D eigenvalue weighted by Crippen LogP contribution is -2.37. The highest BCUT2D eigenvalue weighted by Crippen LogP contribution is 2.34. The van der Waals surface area contributed by atoms with Crippen molar-refractivity contribution in [3.8, 4) is 0 Å². The van der Waals surface area contributed by atoms with Gasteiger partial charge < -0.3 is 10.2 Å². The van der Waals surface area contributed by atoms with E-state index in [4.69, 9.17) is 0 Å². The number of nitrogens with one attached hydrogen (secondary N) is 1. The van der Waals surface area contributed by atoms with Gasteiger partial charge in [-0.1, -0.05) is 11.8 Å². The summed E-state index contributed by atoms with van der Waals surface area (Å²) in [5.41, 5.74) is 1.16. The average Bonchev–Trinajstić information content (AvgIpc) is 2.80. The van der Waals surface area contributed by atoms with Crippen LogP contribution in [0.2, 0.25) is 0 Å². The minimum atomic E-state index is -0.186. The van der Waals surface area contributed by atoms with Crippen molar-refractivity contribution in [1.29, 1.82) is 0 Å². The van der Waals surface area contributed by atoms with E-state index in [-0.39, 0.29) is 24.1 Å². The molecular weight excluding hydrogens is 320 g/mol. The van der Waals surface area contributed by atoms with Crippen molar-refractivity contribution in [2.75, 3.05) is 26.4 Å². The number of thiophene rings is 1. The molecule has 2 amide bonds. The first kappa shape index (κ1) is 16.7. The van der Waals surface area contributed by atoms with E-state index in [1.54, 1.807) is 25.4 Å². The molecule has 0 aliphatic rings. The maximum Gasteiger partial charge on any atom is 0.239 e. The summed E-state index contributed by atoms with van der Waals surface area (Å²) in [6.07, 6.45) is 1.53. The van der Waals surface area contributed by atoms with Crippen molar-refractivity contribution >= 4 is 45.1 Å². The number of carbonyl (C=O) groups is 2. The predicted octanol–water partition coefficient (Wildman–Crippen LogP) is 1.60. The van der Waals surface area contributed by atoms with Crippen LogP contribution in [0.15, 0.2) is 11.4 Å². The van der Waals surface area contributed by atoms with Crippen LogP contribution in [0.5, 0.6) is 0 Å². The van der Waals surface area contributed by atoms with Crippen molar-refractivity contribution in [3.05, 3.63) is 16.8 Å².